The van der Waals surface area contributed by atoms with Crippen molar-refractivity contribution in [3.05, 3.63) is 94.4 Å². The van der Waals surface area contributed by atoms with Gasteiger partial charge in [0.15, 0.2) is 5.11 Å². The summed E-state index contributed by atoms with van der Waals surface area (Å²) in [4.78, 5) is 46.6. The number of amides is 2. The lowest BCUT2D eigenvalue weighted by atomic mass is 9.74. The summed E-state index contributed by atoms with van der Waals surface area (Å²) in [6, 6.07) is 24.1. The van der Waals surface area contributed by atoms with E-state index in [1.807, 2.05) is 41.0 Å². The minimum atomic E-state index is -1.35. The van der Waals surface area contributed by atoms with Crippen molar-refractivity contribution < 1.29 is 9.59 Å². The van der Waals surface area contributed by atoms with Crippen LogP contribution in [0.15, 0.2) is 77.6 Å². The third-order valence-electron chi connectivity index (χ3n) is 9.41. The van der Waals surface area contributed by atoms with Crippen LogP contribution in [0.4, 0.5) is 0 Å². The molecule has 0 spiro atoms. The third-order valence-corrected chi connectivity index (χ3v) is 9.96. The number of rotatable bonds is 4. The van der Waals surface area contributed by atoms with E-state index in [2.05, 4.69) is 35.2 Å². The first-order chi connectivity index (χ1) is 19.8. The number of hydrogen-bond acceptors (Lipinski definition) is 5. The maximum Gasteiger partial charge on any atom is 0.250 e. The molecule has 2 amide bonds. The first-order valence-corrected chi connectivity index (χ1v) is 14.6. The summed E-state index contributed by atoms with van der Waals surface area (Å²) in [6.45, 7) is 2.38. The van der Waals surface area contributed by atoms with E-state index in [0.29, 0.717) is 19.6 Å². The highest BCUT2D eigenvalue weighted by Crippen LogP contribution is 2.41. The molecule has 2 saturated heterocycles. The Bertz CT molecular complexity index is 1740. The van der Waals surface area contributed by atoms with Gasteiger partial charge in [-0.3, -0.25) is 24.2 Å². The van der Waals surface area contributed by atoms with Gasteiger partial charge in [0.2, 0.25) is 11.8 Å². The number of benzene rings is 3. The molecule has 3 aromatic carbocycles. The summed E-state index contributed by atoms with van der Waals surface area (Å²) in [6.07, 6.45) is 1.28. The van der Waals surface area contributed by atoms with Crippen molar-refractivity contribution in [2.24, 2.45) is 11.3 Å². The Morgan fingerprint density at radius 2 is 1.44 bits per heavy atom. The lowest BCUT2D eigenvalue weighted by Gasteiger charge is -2.49. The van der Waals surface area contributed by atoms with E-state index in [9.17, 15) is 14.4 Å². The maximum atomic E-state index is 14.4. The summed E-state index contributed by atoms with van der Waals surface area (Å²) >= 11 is 5.52. The summed E-state index contributed by atoms with van der Waals surface area (Å²) in [5.41, 5.74) is 0.744. The van der Waals surface area contributed by atoms with Crippen molar-refractivity contribution >= 4 is 50.7 Å². The van der Waals surface area contributed by atoms with Gasteiger partial charge in [0.25, 0.3) is 5.56 Å². The van der Waals surface area contributed by atoms with Gasteiger partial charge in [-0.1, -0.05) is 54.6 Å². The van der Waals surface area contributed by atoms with Crippen LogP contribution >= 0.6 is 12.2 Å². The number of nitrogens with zero attached hydrogens (tertiary/aromatic N) is 4. The highest BCUT2D eigenvalue weighted by molar-refractivity contribution is 7.80. The van der Waals surface area contributed by atoms with Crippen LogP contribution in [0.3, 0.4) is 0 Å². The molecule has 4 heterocycles. The Morgan fingerprint density at radius 3 is 2.10 bits per heavy atom. The van der Waals surface area contributed by atoms with Gasteiger partial charge in [0.1, 0.15) is 5.41 Å². The molecule has 2 atom stereocenters. The van der Waals surface area contributed by atoms with Crippen LogP contribution < -0.4 is 5.56 Å². The average molecular weight is 565 g/mol. The lowest BCUT2D eigenvalue weighted by molar-refractivity contribution is -0.157. The third kappa shape index (κ3) is 4.03. The van der Waals surface area contributed by atoms with Gasteiger partial charge >= 0.3 is 0 Å². The number of likely N-dealkylation sites (tertiary alicyclic amines) is 1. The molecule has 4 aromatic rings. The topological polar surface area (TPSA) is 65.9 Å². The largest absolute Gasteiger partial charge is 0.312 e. The fourth-order valence-corrected chi connectivity index (χ4v) is 7.75. The molecule has 2 bridgehead atoms. The van der Waals surface area contributed by atoms with E-state index in [1.54, 1.807) is 20.2 Å². The van der Waals surface area contributed by atoms with Crippen LogP contribution in [-0.4, -0.2) is 69.9 Å². The van der Waals surface area contributed by atoms with E-state index in [4.69, 9.17) is 12.2 Å². The first kappa shape index (κ1) is 26.0. The zero-order valence-electron chi connectivity index (χ0n) is 23.2. The number of hydrogen-bond donors (Lipinski definition) is 0. The number of carbonyl (C=O) groups excluding carboxylic acids is 2. The molecule has 0 unspecified atom stereocenters. The quantitative estimate of drug-likeness (QED) is 0.213. The van der Waals surface area contributed by atoms with E-state index < -0.39 is 5.41 Å². The van der Waals surface area contributed by atoms with Gasteiger partial charge in [-0.2, -0.15) is 0 Å². The molecule has 0 aliphatic carbocycles. The van der Waals surface area contributed by atoms with Crippen molar-refractivity contribution in [1.82, 2.24) is 19.3 Å². The highest BCUT2D eigenvalue weighted by atomic mass is 32.1. The van der Waals surface area contributed by atoms with Crippen molar-refractivity contribution in [3.63, 3.8) is 0 Å². The van der Waals surface area contributed by atoms with Crippen LogP contribution in [-0.2, 0) is 22.6 Å². The lowest BCUT2D eigenvalue weighted by Crippen LogP contribution is -2.67. The normalized spacial score (nSPS) is 22.4. The smallest absolute Gasteiger partial charge is 0.250 e. The summed E-state index contributed by atoms with van der Waals surface area (Å²) in [5.74, 6) is -0.0517. The fraction of sp³-hybridized carbons (Fsp3) is 0.333. The van der Waals surface area contributed by atoms with Crippen LogP contribution in [0.5, 0.6) is 0 Å². The van der Waals surface area contributed by atoms with Crippen LogP contribution in [0.2, 0.25) is 0 Å². The van der Waals surface area contributed by atoms with Gasteiger partial charge in [-0.25, -0.2) is 0 Å². The molecular formula is C33H32N4O3S. The van der Waals surface area contributed by atoms with Crippen LogP contribution in [0, 0.1) is 11.3 Å². The number of thiocarbonyl (C=S) groups is 1. The number of pyridine rings is 1. The maximum absolute atomic E-state index is 14.4. The second-order valence-corrected chi connectivity index (χ2v) is 12.3. The van der Waals surface area contributed by atoms with Crippen LogP contribution in [0.1, 0.15) is 23.6 Å². The minimum Gasteiger partial charge on any atom is -0.312 e. The van der Waals surface area contributed by atoms with Gasteiger partial charge < -0.3 is 9.47 Å². The number of carbonyl (C=O) groups is 2. The molecule has 0 saturated carbocycles. The molecule has 2 fully saturated rings. The number of piperidine rings is 1. The number of aromatic nitrogens is 1. The van der Waals surface area contributed by atoms with Crippen molar-refractivity contribution in [2.75, 3.05) is 33.7 Å². The molecule has 208 valence electrons. The monoisotopic (exact) mass is 564 g/mol. The molecule has 0 N–H and O–H groups in total. The Labute approximate surface area is 243 Å². The van der Waals surface area contributed by atoms with E-state index in [0.717, 1.165) is 45.8 Å². The zero-order valence-corrected chi connectivity index (χ0v) is 24.1. The fourth-order valence-electron chi connectivity index (χ4n) is 7.58. The Balaban J connectivity index is 1.35. The second kappa shape index (κ2) is 9.60. The summed E-state index contributed by atoms with van der Waals surface area (Å²) in [5, 5.41) is 4.49. The molecule has 0 radical (unpaired) electrons. The molecule has 1 aromatic heterocycles. The zero-order chi connectivity index (χ0) is 28.5. The molecule has 7 rings (SSSR count). The van der Waals surface area contributed by atoms with Crippen molar-refractivity contribution in [3.8, 4) is 0 Å². The molecule has 3 aliphatic rings. The van der Waals surface area contributed by atoms with E-state index in [1.165, 1.54) is 9.80 Å². The van der Waals surface area contributed by atoms with Gasteiger partial charge in [0, 0.05) is 58.0 Å². The Hall–Kier alpha value is -3.88. The molecule has 41 heavy (non-hydrogen) atoms. The molecular weight excluding hydrogens is 532 g/mol. The Morgan fingerprint density at radius 1 is 0.805 bits per heavy atom. The first-order valence-electron chi connectivity index (χ1n) is 14.2. The predicted octanol–water partition coefficient (Wildman–Crippen LogP) is 4.02. The van der Waals surface area contributed by atoms with E-state index >= 15 is 0 Å². The molecule has 7 nitrogen and oxygen atoms in total. The Kier molecular flexibility index (Phi) is 6.10. The average Bonchev–Trinajstić information content (AvgIpc) is 2.98. The summed E-state index contributed by atoms with van der Waals surface area (Å²) < 4.78 is 1.91. The van der Waals surface area contributed by atoms with Crippen LogP contribution in [0.25, 0.3) is 21.5 Å². The molecule has 3 aliphatic heterocycles. The van der Waals surface area contributed by atoms with E-state index in [-0.39, 0.29) is 40.7 Å². The van der Waals surface area contributed by atoms with Gasteiger partial charge in [0.05, 0.1) is 0 Å². The van der Waals surface area contributed by atoms with Crippen molar-refractivity contribution in [1.29, 1.82) is 0 Å². The highest BCUT2D eigenvalue weighted by Gasteiger charge is 2.56. The number of fused-ring (bicyclic) bond motifs is 6. The van der Waals surface area contributed by atoms with Crippen molar-refractivity contribution in [2.45, 2.75) is 25.3 Å². The second-order valence-electron chi connectivity index (χ2n) is 12.0. The van der Waals surface area contributed by atoms with Gasteiger partial charge in [-0.05, 0) is 70.2 Å². The molecule has 8 heteroatoms. The summed E-state index contributed by atoms with van der Waals surface area (Å²) in [7, 11) is 3.36. The predicted molar refractivity (Wildman–Crippen MR) is 164 cm³/mol. The minimum absolute atomic E-state index is 0.0411. The van der Waals surface area contributed by atoms with Gasteiger partial charge in [-0.15, -0.1) is 0 Å². The standard InChI is InChI=1S/C33H32N4O3S/c1-34-30(39)33(31(40)35(2)32(34)41,16-27-25-10-5-3-8-22(25)15-23-9-4-6-11-26(23)27)20-36-17-21-14-24(19-36)28-12-7-13-29(38)37(28)18-21/h3-13,15,21,24H,14,16-20H2,1-2H3/t21-,24-/m0/s1. The SMILES string of the molecule is CN1C(=O)C(Cc2c3ccccc3cc3ccccc23)(CN2C[C@@H]3C[C@@H](C2)c2cccc(=O)n2C3)C(=O)N(C)C1=S.